The van der Waals surface area contributed by atoms with Crippen LogP contribution in [0.4, 0.5) is 0 Å². The van der Waals surface area contributed by atoms with Gasteiger partial charge in [-0.1, -0.05) is 13.8 Å². The minimum atomic E-state index is -0.0881. The van der Waals surface area contributed by atoms with E-state index in [0.29, 0.717) is 52.9 Å². The Hall–Kier alpha value is -3.46. The average Bonchev–Trinajstić information content (AvgIpc) is 3.27. The van der Waals surface area contributed by atoms with E-state index >= 15 is 0 Å². The van der Waals surface area contributed by atoms with E-state index in [-0.39, 0.29) is 11.8 Å². The number of hydrogen-bond donors (Lipinski definition) is 1. The quantitative estimate of drug-likeness (QED) is 0.479. The number of aromatic nitrogens is 1. The number of hydrogen-bond acceptors (Lipinski definition) is 5. The molecule has 3 aromatic rings. The average molecular weight is 444 g/mol. The summed E-state index contributed by atoms with van der Waals surface area (Å²) >= 11 is 0. The number of aldehydes is 1. The summed E-state index contributed by atoms with van der Waals surface area (Å²) in [5.74, 6) is 1.57. The number of amides is 1. The van der Waals surface area contributed by atoms with E-state index in [1.165, 1.54) is 0 Å². The van der Waals surface area contributed by atoms with Gasteiger partial charge in [0, 0.05) is 29.7 Å². The molecule has 6 heteroatoms. The molecule has 1 aliphatic rings. The molecule has 33 heavy (non-hydrogen) atoms. The molecule has 0 spiro atoms. The van der Waals surface area contributed by atoms with Crippen molar-refractivity contribution < 1.29 is 14.0 Å². The zero-order valence-corrected chi connectivity index (χ0v) is 19.1. The van der Waals surface area contributed by atoms with Gasteiger partial charge in [0.1, 0.15) is 11.8 Å². The lowest BCUT2D eigenvalue weighted by Crippen LogP contribution is -2.31. The summed E-state index contributed by atoms with van der Waals surface area (Å²) in [6.45, 7) is 4.78. The predicted octanol–water partition coefficient (Wildman–Crippen LogP) is 5.62. The molecule has 170 valence electrons. The first kappa shape index (κ1) is 22.7. The lowest BCUT2D eigenvalue weighted by molar-refractivity contribution is -0.108. The van der Waals surface area contributed by atoms with Crippen molar-refractivity contribution in [2.45, 2.75) is 51.9 Å². The lowest BCUT2D eigenvalue weighted by Gasteiger charge is -2.27. The van der Waals surface area contributed by atoms with E-state index in [2.05, 4.69) is 30.2 Å². The Labute approximate surface area is 194 Å². The van der Waals surface area contributed by atoms with Gasteiger partial charge >= 0.3 is 0 Å². The second-order valence-corrected chi connectivity index (χ2v) is 9.28. The molecule has 1 saturated carbocycles. The third-order valence-corrected chi connectivity index (χ3v) is 6.61. The third-order valence-electron chi connectivity index (χ3n) is 6.61. The lowest BCUT2D eigenvalue weighted by atomic mass is 9.81. The molecule has 1 heterocycles. The summed E-state index contributed by atoms with van der Waals surface area (Å²) in [5.41, 5.74) is 4.26. The van der Waals surface area contributed by atoms with Gasteiger partial charge in [0.15, 0.2) is 5.58 Å². The highest BCUT2D eigenvalue weighted by Crippen LogP contribution is 2.32. The summed E-state index contributed by atoms with van der Waals surface area (Å²) in [5, 5.41) is 12.4. The fourth-order valence-electron chi connectivity index (χ4n) is 4.59. The van der Waals surface area contributed by atoms with Crippen LogP contribution in [0.3, 0.4) is 0 Å². The van der Waals surface area contributed by atoms with Crippen molar-refractivity contribution in [3.8, 4) is 17.5 Å². The van der Waals surface area contributed by atoms with Gasteiger partial charge in [-0.05, 0) is 79.8 Å². The van der Waals surface area contributed by atoms with Crippen molar-refractivity contribution in [1.82, 2.24) is 10.3 Å². The number of nitrogens with zero attached hydrogens (tertiary/aromatic N) is 2. The Bertz CT molecular complexity index is 1180. The normalized spacial score (nSPS) is 18.2. The highest BCUT2D eigenvalue weighted by molar-refractivity contribution is 5.94. The van der Waals surface area contributed by atoms with Gasteiger partial charge in [0.05, 0.1) is 11.6 Å². The molecular weight excluding hydrogens is 414 g/mol. The summed E-state index contributed by atoms with van der Waals surface area (Å²) in [6, 6.07) is 13.0. The standard InChI is InChI=1S/C27H29N3O3/c1-17(2)23-13-20(15-28)14-24-25(23)33-27(30-24)22-9-7-21(8-10-22)26(32)29-16-19-5-3-18(4-6-19)11-12-31/h7-10,12-14,17-19H,3-6,11,16H2,1-2H3,(H,29,32)/t18-,19-. The maximum absolute atomic E-state index is 12.6. The topological polar surface area (TPSA) is 96.0 Å². The van der Waals surface area contributed by atoms with Crippen molar-refractivity contribution in [2.24, 2.45) is 11.8 Å². The Morgan fingerprint density at radius 1 is 1.18 bits per heavy atom. The van der Waals surface area contributed by atoms with Crippen molar-refractivity contribution in [3.05, 3.63) is 53.1 Å². The molecule has 4 rings (SSSR count). The minimum absolute atomic E-state index is 0.0881. The van der Waals surface area contributed by atoms with Gasteiger partial charge in [0.25, 0.3) is 5.91 Å². The first-order valence-electron chi connectivity index (χ1n) is 11.6. The van der Waals surface area contributed by atoms with Crippen molar-refractivity contribution in [1.29, 1.82) is 5.26 Å². The molecule has 1 aliphatic carbocycles. The molecule has 0 aliphatic heterocycles. The maximum atomic E-state index is 12.6. The van der Waals surface area contributed by atoms with Gasteiger partial charge in [0.2, 0.25) is 5.89 Å². The van der Waals surface area contributed by atoms with Crippen LogP contribution in [0.1, 0.15) is 73.4 Å². The monoisotopic (exact) mass is 443 g/mol. The smallest absolute Gasteiger partial charge is 0.251 e. The van der Waals surface area contributed by atoms with E-state index in [1.54, 1.807) is 18.2 Å². The van der Waals surface area contributed by atoms with Crippen LogP contribution < -0.4 is 5.32 Å². The van der Waals surface area contributed by atoms with Crippen molar-refractivity contribution in [3.63, 3.8) is 0 Å². The predicted molar refractivity (Wildman–Crippen MR) is 127 cm³/mol. The number of oxazole rings is 1. The fraction of sp³-hybridized carbons (Fsp3) is 0.407. The van der Waals surface area contributed by atoms with Crippen LogP contribution in [0, 0.1) is 23.2 Å². The Morgan fingerprint density at radius 2 is 1.88 bits per heavy atom. The Balaban J connectivity index is 1.42. The number of benzene rings is 2. The zero-order chi connectivity index (χ0) is 23.4. The number of fused-ring (bicyclic) bond motifs is 1. The molecule has 0 bridgehead atoms. The van der Waals surface area contributed by atoms with Crippen molar-refractivity contribution >= 4 is 23.3 Å². The molecular formula is C27H29N3O3. The van der Waals surface area contributed by atoms with Gasteiger partial charge in [-0.25, -0.2) is 4.98 Å². The van der Waals surface area contributed by atoms with Crippen LogP contribution in [-0.4, -0.2) is 23.7 Å². The largest absolute Gasteiger partial charge is 0.436 e. The maximum Gasteiger partial charge on any atom is 0.251 e. The van der Waals surface area contributed by atoms with Crippen LogP contribution in [-0.2, 0) is 4.79 Å². The number of carbonyl (C=O) groups is 2. The molecule has 1 aromatic heterocycles. The number of carbonyl (C=O) groups excluding carboxylic acids is 2. The molecule has 0 unspecified atom stereocenters. The number of nitriles is 1. The van der Waals surface area contributed by atoms with Gasteiger partial charge in [-0.2, -0.15) is 5.26 Å². The van der Waals surface area contributed by atoms with E-state index < -0.39 is 0 Å². The van der Waals surface area contributed by atoms with Crippen LogP contribution >= 0.6 is 0 Å². The summed E-state index contributed by atoms with van der Waals surface area (Å²) in [4.78, 5) is 27.9. The van der Waals surface area contributed by atoms with E-state index in [9.17, 15) is 14.9 Å². The Kier molecular flexibility index (Phi) is 6.88. The first-order chi connectivity index (χ1) is 16.0. The highest BCUT2D eigenvalue weighted by atomic mass is 16.3. The molecule has 0 atom stereocenters. The molecule has 0 saturated heterocycles. The second kappa shape index (κ2) is 9.99. The third kappa shape index (κ3) is 5.14. The van der Waals surface area contributed by atoms with Crippen LogP contribution in [0.15, 0.2) is 40.8 Å². The van der Waals surface area contributed by atoms with Gasteiger partial charge in [-0.15, -0.1) is 0 Å². The fourth-order valence-corrected chi connectivity index (χ4v) is 4.59. The molecule has 2 aromatic carbocycles. The summed E-state index contributed by atoms with van der Waals surface area (Å²) in [6.07, 6.45) is 5.91. The van der Waals surface area contributed by atoms with E-state index in [1.807, 2.05) is 18.2 Å². The molecule has 6 nitrogen and oxygen atoms in total. The van der Waals surface area contributed by atoms with Gasteiger partial charge in [-0.3, -0.25) is 4.79 Å². The highest BCUT2D eigenvalue weighted by Gasteiger charge is 2.21. The molecule has 1 N–H and O–H groups in total. The SMILES string of the molecule is CC(C)c1cc(C#N)cc2nc(-c3ccc(C(=O)NC[C@H]4CC[C@H](CC=O)CC4)cc3)oc12. The number of rotatable bonds is 7. The summed E-state index contributed by atoms with van der Waals surface area (Å²) in [7, 11) is 0. The van der Waals surface area contributed by atoms with E-state index in [4.69, 9.17) is 4.42 Å². The zero-order valence-electron chi connectivity index (χ0n) is 19.1. The second-order valence-electron chi connectivity index (χ2n) is 9.28. The number of nitrogens with one attached hydrogen (secondary N) is 1. The molecule has 0 radical (unpaired) electrons. The van der Waals surface area contributed by atoms with Crippen LogP contribution in [0.25, 0.3) is 22.6 Å². The minimum Gasteiger partial charge on any atom is -0.436 e. The first-order valence-corrected chi connectivity index (χ1v) is 11.6. The van der Waals surface area contributed by atoms with E-state index in [0.717, 1.165) is 43.1 Å². The van der Waals surface area contributed by atoms with Gasteiger partial charge < -0.3 is 14.5 Å². The molecule has 1 fully saturated rings. The molecule has 1 amide bonds. The Morgan fingerprint density at radius 3 is 2.52 bits per heavy atom. The van der Waals surface area contributed by atoms with Crippen LogP contribution in [0.5, 0.6) is 0 Å². The van der Waals surface area contributed by atoms with Crippen LogP contribution in [0.2, 0.25) is 0 Å². The summed E-state index contributed by atoms with van der Waals surface area (Å²) < 4.78 is 6.06. The van der Waals surface area contributed by atoms with Crippen molar-refractivity contribution in [2.75, 3.05) is 6.54 Å².